The number of benzene rings is 3. The highest BCUT2D eigenvalue weighted by Crippen LogP contribution is 2.29. The van der Waals surface area contributed by atoms with Crippen molar-refractivity contribution in [3.8, 4) is 23.0 Å². The number of aromatic nitrogens is 2. The van der Waals surface area contributed by atoms with E-state index in [0.717, 1.165) is 17.0 Å². The molecule has 0 aliphatic rings. The fourth-order valence-corrected chi connectivity index (χ4v) is 4.20. The first-order valence-corrected chi connectivity index (χ1v) is 11.5. The second kappa shape index (κ2) is 11.0. The summed E-state index contributed by atoms with van der Waals surface area (Å²) in [5.74, 6) is 3.47. The molecule has 1 aromatic heterocycles. The zero-order valence-electron chi connectivity index (χ0n) is 20.5. The Morgan fingerprint density at radius 1 is 0.686 bits per heavy atom. The molecule has 3 aromatic carbocycles. The highest BCUT2D eigenvalue weighted by atomic mass is 16.5. The van der Waals surface area contributed by atoms with Gasteiger partial charge in [-0.05, 0) is 60.4 Å². The Hall–Kier alpha value is -4.00. The van der Waals surface area contributed by atoms with Crippen LogP contribution in [0.15, 0.2) is 65.5 Å². The summed E-state index contributed by atoms with van der Waals surface area (Å²) in [5, 5.41) is 0.620. The second-order valence-electron chi connectivity index (χ2n) is 8.13. The number of nitrogens with zero attached hydrogens (tertiary/aromatic N) is 2. The summed E-state index contributed by atoms with van der Waals surface area (Å²) in [6.45, 7) is 0.507. The van der Waals surface area contributed by atoms with E-state index in [9.17, 15) is 4.79 Å². The minimum absolute atomic E-state index is 0.0293. The molecular formula is C28H30N2O5. The van der Waals surface area contributed by atoms with Gasteiger partial charge in [0.05, 0.1) is 39.3 Å². The van der Waals surface area contributed by atoms with Crippen molar-refractivity contribution in [3.05, 3.63) is 88.0 Å². The molecule has 0 aliphatic carbocycles. The lowest BCUT2D eigenvalue weighted by Gasteiger charge is -2.15. The lowest BCUT2D eigenvalue weighted by Crippen LogP contribution is -2.26. The summed E-state index contributed by atoms with van der Waals surface area (Å²) in [4.78, 5) is 18.3. The van der Waals surface area contributed by atoms with E-state index in [0.29, 0.717) is 59.7 Å². The van der Waals surface area contributed by atoms with Gasteiger partial charge in [0.1, 0.15) is 5.82 Å². The predicted octanol–water partition coefficient (Wildman–Crippen LogP) is 4.46. The first-order chi connectivity index (χ1) is 17.1. The summed E-state index contributed by atoms with van der Waals surface area (Å²) in [6.07, 6.45) is 1.98. The average molecular weight is 475 g/mol. The highest BCUT2D eigenvalue weighted by molar-refractivity contribution is 5.77. The van der Waals surface area contributed by atoms with Gasteiger partial charge in [0.2, 0.25) is 0 Å². The molecule has 35 heavy (non-hydrogen) atoms. The molecule has 0 radical (unpaired) electrons. The summed E-state index contributed by atoms with van der Waals surface area (Å²) >= 11 is 0. The first-order valence-electron chi connectivity index (χ1n) is 11.5. The van der Waals surface area contributed by atoms with Crippen LogP contribution < -0.4 is 24.5 Å². The number of aryl methyl sites for hydroxylation is 3. The number of ether oxygens (including phenoxy) is 4. The van der Waals surface area contributed by atoms with Crippen molar-refractivity contribution in [1.29, 1.82) is 0 Å². The lowest BCUT2D eigenvalue weighted by atomic mass is 10.1. The van der Waals surface area contributed by atoms with Crippen LogP contribution in [0.5, 0.6) is 23.0 Å². The van der Waals surface area contributed by atoms with E-state index in [-0.39, 0.29) is 5.56 Å². The third kappa shape index (κ3) is 5.24. The molecule has 0 bridgehead atoms. The maximum Gasteiger partial charge on any atom is 0.261 e. The molecule has 0 atom stereocenters. The molecule has 0 saturated heterocycles. The molecule has 7 nitrogen and oxygen atoms in total. The first kappa shape index (κ1) is 24.1. The number of rotatable bonds is 10. The molecule has 0 amide bonds. The monoisotopic (exact) mass is 474 g/mol. The molecule has 182 valence electrons. The Morgan fingerprint density at radius 2 is 1.26 bits per heavy atom. The molecule has 7 heteroatoms. The van der Waals surface area contributed by atoms with Crippen LogP contribution in [0.1, 0.15) is 17.0 Å². The molecular weight excluding hydrogens is 444 g/mol. The van der Waals surface area contributed by atoms with Crippen molar-refractivity contribution < 1.29 is 18.9 Å². The van der Waals surface area contributed by atoms with Crippen LogP contribution >= 0.6 is 0 Å². The lowest BCUT2D eigenvalue weighted by molar-refractivity contribution is 0.354. The molecule has 4 aromatic rings. The summed E-state index contributed by atoms with van der Waals surface area (Å²) in [7, 11) is 6.47. The molecule has 1 heterocycles. The maximum atomic E-state index is 13.4. The fourth-order valence-electron chi connectivity index (χ4n) is 4.20. The van der Waals surface area contributed by atoms with E-state index in [4.69, 9.17) is 23.9 Å². The smallest absolute Gasteiger partial charge is 0.261 e. The Labute approximate surface area is 204 Å². The summed E-state index contributed by atoms with van der Waals surface area (Å²) in [5.41, 5.74) is 2.81. The minimum atomic E-state index is -0.0293. The van der Waals surface area contributed by atoms with E-state index in [1.165, 1.54) is 0 Å². The quantitative estimate of drug-likeness (QED) is 0.338. The predicted molar refractivity (Wildman–Crippen MR) is 136 cm³/mol. The Morgan fingerprint density at radius 3 is 1.86 bits per heavy atom. The highest BCUT2D eigenvalue weighted by Gasteiger charge is 2.13. The Balaban J connectivity index is 1.63. The van der Waals surface area contributed by atoms with Gasteiger partial charge in [-0.15, -0.1) is 0 Å². The van der Waals surface area contributed by atoms with E-state index < -0.39 is 0 Å². The molecule has 4 rings (SSSR count). The van der Waals surface area contributed by atoms with E-state index in [1.54, 1.807) is 33.0 Å². The second-order valence-corrected chi connectivity index (χ2v) is 8.13. The van der Waals surface area contributed by atoms with Crippen LogP contribution in [0.25, 0.3) is 10.9 Å². The van der Waals surface area contributed by atoms with Crippen molar-refractivity contribution in [2.24, 2.45) is 0 Å². The molecule has 0 aliphatic heterocycles. The van der Waals surface area contributed by atoms with Crippen LogP contribution in [0.2, 0.25) is 0 Å². The summed E-state index contributed by atoms with van der Waals surface area (Å²) < 4.78 is 23.3. The van der Waals surface area contributed by atoms with Crippen molar-refractivity contribution >= 4 is 10.9 Å². The van der Waals surface area contributed by atoms with Crippen molar-refractivity contribution in [2.45, 2.75) is 25.8 Å². The normalized spacial score (nSPS) is 10.9. The van der Waals surface area contributed by atoms with Crippen molar-refractivity contribution in [1.82, 2.24) is 9.55 Å². The van der Waals surface area contributed by atoms with E-state index in [2.05, 4.69) is 0 Å². The third-order valence-corrected chi connectivity index (χ3v) is 6.10. The van der Waals surface area contributed by atoms with Crippen LogP contribution in [0.4, 0.5) is 0 Å². The van der Waals surface area contributed by atoms with Gasteiger partial charge >= 0.3 is 0 Å². The van der Waals surface area contributed by atoms with Crippen molar-refractivity contribution in [3.63, 3.8) is 0 Å². The number of methoxy groups -OCH3 is 4. The number of para-hydroxylation sites is 1. The Bertz CT molecular complexity index is 1380. The van der Waals surface area contributed by atoms with Gasteiger partial charge in [0.25, 0.3) is 5.56 Å². The standard InChI is InChI=1S/C28H30N2O5/c1-32-23-12-9-19(17-25(23)34-3)11-14-27-29-22-8-6-5-7-21(22)28(31)30(27)16-15-20-10-13-24(33-2)26(18-20)35-4/h5-10,12-13,17-18H,11,14-16H2,1-4H3. The van der Waals surface area contributed by atoms with Crippen LogP contribution in [0, 0.1) is 0 Å². The van der Waals surface area contributed by atoms with Crippen LogP contribution in [-0.2, 0) is 25.8 Å². The van der Waals surface area contributed by atoms with Crippen LogP contribution in [0.3, 0.4) is 0 Å². The number of hydrogen-bond donors (Lipinski definition) is 0. The van der Waals surface area contributed by atoms with E-state index in [1.807, 2.05) is 60.7 Å². The van der Waals surface area contributed by atoms with Crippen molar-refractivity contribution in [2.75, 3.05) is 28.4 Å². The maximum absolute atomic E-state index is 13.4. The topological polar surface area (TPSA) is 71.8 Å². The van der Waals surface area contributed by atoms with Gasteiger partial charge in [-0.1, -0.05) is 24.3 Å². The summed E-state index contributed by atoms with van der Waals surface area (Å²) in [6, 6.07) is 19.2. The fraction of sp³-hybridized carbons (Fsp3) is 0.286. The van der Waals surface area contributed by atoms with Gasteiger partial charge in [-0.2, -0.15) is 0 Å². The van der Waals surface area contributed by atoms with Gasteiger partial charge in [0, 0.05) is 13.0 Å². The molecule has 0 saturated carbocycles. The van der Waals surface area contributed by atoms with Crippen LogP contribution in [-0.4, -0.2) is 38.0 Å². The molecule has 0 N–H and O–H groups in total. The van der Waals surface area contributed by atoms with E-state index >= 15 is 0 Å². The molecule has 0 fully saturated rings. The largest absolute Gasteiger partial charge is 0.493 e. The molecule has 0 spiro atoms. The van der Waals surface area contributed by atoms with Gasteiger partial charge < -0.3 is 18.9 Å². The number of fused-ring (bicyclic) bond motifs is 1. The average Bonchev–Trinajstić information content (AvgIpc) is 2.91. The third-order valence-electron chi connectivity index (χ3n) is 6.10. The zero-order chi connectivity index (χ0) is 24.8. The van der Waals surface area contributed by atoms with Gasteiger partial charge in [-0.3, -0.25) is 9.36 Å². The van der Waals surface area contributed by atoms with Gasteiger partial charge in [-0.25, -0.2) is 4.98 Å². The SMILES string of the molecule is COc1ccc(CCc2nc3ccccc3c(=O)n2CCc2ccc(OC)c(OC)c2)cc1OC. The minimum Gasteiger partial charge on any atom is -0.493 e. The Kier molecular flexibility index (Phi) is 7.55. The van der Waals surface area contributed by atoms with Gasteiger partial charge in [0.15, 0.2) is 23.0 Å². The molecule has 0 unspecified atom stereocenters. The number of hydrogen-bond acceptors (Lipinski definition) is 6. The zero-order valence-corrected chi connectivity index (χ0v) is 20.5.